The van der Waals surface area contributed by atoms with Crippen LogP contribution in [0.1, 0.15) is 26.7 Å². The van der Waals surface area contributed by atoms with E-state index in [9.17, 15) is 4.79 Å². The first-order valence-corrected chi connectivity index (χ1v) is 5.95. The lowest BCUT2D eigenvalue weighted by atomic mass is 10.3. The van der Waals surface area contributed by atoms with Gasteiger partial charge in [-0.1, -0.05) is 19.3 Å². The molecule has 0 rings (SSSR count). The van der Waals surface area contributed by atoms with Crippen LogP contribution >= 0.6 is 22.6 Å². The summed E-state index contributed by atoms with van der Waals surface area (Å²) >= 11 is 2.05. The van der Waals surface area contributed by atoms with Gasteiger partial charge in [-0.25, -0.2) is 4.79 Å². The van der Waals surface area contributed by atoms with Gasteiger partial charge in [0.05, 0.1) is 6.61 Å². The molecular formula is C10H16INO2. The molecule has 4 heteroatoms. The first kappa shape index (κ1) is 13.6. The molecular weight excluding hydrogens is 293 g/mol. The number of amides is 1. The van der Waals surface area contributed by atoms with Crippen LogP contribution in [-0.4, -0.2) is 28.2 Å². The molecule has 1 unspecified atom stereocenters. The highest BCUT2D eigenvalue weighted by atomic mass is 127. The number of carbonyl (C=O) groups is 1. The Balaban J connectivity index is 4.24. The zero-order chi connectivity index (χ0) is 11.0. The van der Waals surface area contributed by atoms with Crippen molar-refractivity contribution in [3.05, 3.63) is 0 Å². The van der Waals surface area contributed by atoms with Crippen molar-refractivity contribution in [2.45, 2.75) is 30.7 Å². The average Bonchev–Trinajstić information content (AvgIpc) is 2.18. The average molecular weight is 309 g/mol. The van der Waals surface area contributed by atoms with Gasteiger partial charge in [-0.05, 0) is 35.9 Å². The summed E-state index contributed by atoms with van der Waals surface area (Å²) in [5.74, 6) is 2.52. The topological polar surface area (TPSA) is 29.5 Å². The van der Waals surface area contributed by atoms with Gasteiger partial charge >= 0.3 is 6.09 Å². The maximum atomic E-state index is 11.5. The van der Waals surface area contributed by atoms with Gasteiger partial charge in [0.25, 0.3) is 0 Å². The maximum Gasteiger partial charge on any atom is 0.411 e. The van der Waals surface area contributed by atoms with Crippen LogP contribution < -0.4 is 0 Å². The van der Waals surface area contributed by atoms with Gasteiger partial charge in [0.15, 0.2) is 0 Å². The Labute approximate surface area is 99.3 Å². The molecule has 14 heavy (non-hydrogen) atoms. The van der Waals surface area contributed by atoms with Gasteiger partial charge in [0, 0.05) is 6.54 Å². The van der Waals surface area contributed by atoms with Gasteiger partial charge in [-0.3, -0.25) is 4.90 Å². The van der Waals surface area contributed by atoms with Crippen molar-refractivity contribution in [1.82, 2.24) is 4.90 Å². The minimum Gasteiger partial charge on any atom is -0.450 e. The van der Waals surface area contributed by atoms with E-state index in [2.05, 4.69) is 35.4 Å². The number of carbonyl (C=O) groups excluding carboxylic acids is 1. The lowest BCUT2D eigenvalue weighted by molar-refractivity contribution is 0.110. The molecule has 0 spiro atoms. The fourth-order valence-corrected chi connectivity index (χ4v) is 1.43. The summed E-state index contributed by atoms with van der Waals surface area (Å²) in [7, 11) is 0. The first-order chi connectivity index (χ1) is 6.67. The maximum absolute atomic E-state index is 11.5. The van der Waals surface area contributed by atoms with Gasteiger partial charge in [-0.15, -0.1) is 6.42 Å². The largest absolute Gasteiger partial charge is 0.450 e. The zero-order valence-corrected chi connectivity index (χ0v) is 10.8. The smallest absolute Gasteiger partial charge is 0.411 e. The highest BCUT2D eigenvalue weighted by Gasteiger charge is 2.19. The van der Waals surface area contributed by atoms with Crippen molar-refractivity contribution in [2.75, 3.05) is 13.2 Å². The first-order valence-electron chi connectivity index (χ1n) is 4.70. The van der Waals surface area contributed by atoms with Crippen LogP contribution in [0, 0.1) is 12.3 Å². The summed E-state index contributed by atoms with van der Waals surface area (Å²) in [4.78, 5) is 13.0. The number of hydrogen-bond acceptors (Lipinski definition) is 2. The number of nitrogens with zero attached hydrogens (tertiary/aromatic N) is 1. The molecule has 0 aromatic rings. The summed E-state index contributed by atoms with van der Waals surface area (Å²) in [5, 5.41) is 0. The second kappa shape index (κ2) is 7.92. The Hall–Kier alpha value is -0.440. The van der Waals surface area contributed by atoms with E-state index < -0.39 is 0 Å². The fourth-order valence-electron chi connectivity index (χ4n) is 0.922. The molecule has 0 aliphatic carbocycles. The number of hydrogen-bond donors (Lipinski definition) is 0. The van der Waals surface area contributed by atoms with Crippen LogP contribution in [0.15, 0.2) is 0 Å². The Morgan fingerprint density at radius 3 is 2.71 bits per heavy atom. The van der Waals surface area contributed by atoms with Crippen molar-refractivity contribution >= 4 is 28.7 Å². The van der Waals surface area contributed by atoms with Crippen LogP contribution in [0.2, 0.25) is 0 Å². The van der Waals surface area contributed by atoms with E-state index in [4.69, 9.17) is 11.2 Å². The number of alkyl halides is 1. The van der Waals surface area contributed by atoms with Crippen molar-refractivity contribution in [3.8, 4) is 12.3 Å². The summed E-state index contributed by atoms with van der Waals surface area (Å²) in [6, 6.07) is 0. The molecule has 0 aliphatic heterocycles. The molecule has 1 atom stereocenters. The predicted octanol–water partition coefficient (Wildman–Crippen LogP) is 2.64. The number of unbranched alkanes of at least 4 members (excludes halogenated alkanes) is 1. The SMILES string of the molecule is C#CC(I)N(CCCC)C(=O)OCC. The Bertz CT molecular complexity index is 213. The summed E-state index contributed by atoms with van der Waals surface area (Å²) < 4.78 is 4.69. The highest BCUT2D eigenvalue weighted by molar-refractivity contribution is 14.1. The molecule has 0 aromatic heterocycles. The number of rotatable bonds is 5. The molecule has 0 aromatic carbocycles. The second-order valence-electron chi connectivity index (χ2n) is 2.75. The molecule has 0 bridgehead atoms. The molecule has 0 N–H and O–H groups in total. The van der Waals surface area contributed by atoms with Crippen molar-refractivity contribution in [3.63, 3.8) is 0 Å². The number of halogens is 1. The van der Waals surface area contributed by atoms with Crippen LogP contribution in [0.3, 0.4) is 0 Å². The van der Waals surface area contributed by atoms with Crippen molar-refractivity contribution < 1.29 is 9.53 Å². The van der Waals surface area contributed by atoms with Crippen LogP contribution in [-0.2, 0) is 4.74 Å². The monoisotopic (exact) mass is 309 g/mol. The van der Waals surface area contributed by atoms with E-state index in [1.54, 1.807) is 11.8 Å². The van der Waals surface area contributed by atoms with E-state index in [1.807, 2.05) is 0 Å². The third-order valence-electron chi connectivity index (χ3n) is 1.67. The lowest BCUT2D eigenvalue weighted by Gasteiger charge is -2.23. The Morgan fingerprint density at radius 2 is 2.29 bits per heavy atom. The standard InChI is InChI=1S/C10H16INO2/c1-4-7-8-12(9(11)5-2)10(13)14-6-3/h2,9H,4,6-8H2,1,3H3. The number of terminal acetylenes is 1. The quantitative estimate of drug-likeness (QED) is 0.338. The highest BCUT2D eigenvalue weighted by Crippen LogP contribution is 2.10. The Morgan fingerprint density at radius 1 is 1.64 bits per heavy atom. The molecule has 1 amide bonds. The van der Waals surface area contributed by atoms with Crippen molar-refractivity contribution in [2.24, 2.45) is 0 Å². The molecule has 0 saturated heterocycles. The molecule has 3 nitrogen and oxygen atoms in total. The molecule has 80 valence electrons. The van der Waals surface area contributed by atoms with Crippen molar-refractivity contribution in [1.29, 1.82) is 0 Å². The minimum absolute atomic E-state index is 0.224. The van der Waals surface area contributed by atoms with Gasteiger partial charge in [-0.2, -0.15) is 0 Å². The van der Waals surface area contributed by atoms with E-state index in [-0.39, 0.29) is 10.1 Å². The fraction of sp³-hybridized carbons (Fsp3) is 0.700. The van der Waals surface area contributed by atoms with E-state index in [0.717, 1.165) is 12.8 Å². The molecule has 0 aliphatic rings. The molecule has 0 fully saturated rings. The summed E-state index contributed by atoms with van der Waals surface area (Å²) in [5.41, 5.74) is 0. The normalized spacial score (nSPS) is 11.6. The predicted molar refractivity (Wildman–Crippen MR) is 65.3 cm³/mol. The summed E-state index contributed by atoms with van der Waals surface area (Å²) in [6.45, 7) is 4.90. The van der Waals surface area contributed by atoms with Gasteiger partial charge in [0.1, 0.15) is 4.05 Å². The van der Waals surface area contributed by atoms with Crippen LogP contribution in [0.5, 0.6) is 0 Å². The van der Waals surface area contributed by atoms with Crippen LogP contribution in [0.25, 0.3) is 0 Å². The van der Waals surface area contributed by atoms with Crippen LogP contribution in [0.4, 0.5) is 4.79 Å². The third kappa shape index (κ3) is 4.70. The third-order valence-corrected chi connectivity index (χ3v) is 2.70. The second-order valence-corrected chi connectivity index (χ2v) is 3.93. The van der Waals surface area contributed by atoms with Gasteiger partial charge in [0.2, 0.25) is 0 Å². The Kier molecular flexibility index (Phi) is 7.67. The number of ether oxygens (including phenoxy) is 1. The molecule has 0 radical (unpaired) electrons. The van der Waals surface area contributed by atoms with Gasteiger partial charge < -0.3 is 4.74 Å². The van der Waals surface area contributed by atoms with E-state index in [1.165, 1.54) is 0 Å². The summed E-state index contributed by atoms with van der Waals surface area (Å²) in [6.07, 6.45) is 6.93. The van der Waals surface area contributed by atoms with E-state index >= 15 is 0 Å². The van der Waals surface area contributed by atoms with E-state index in [0.29, 0.717) is 13.2 Å². The minimum atomic E-state index is -0.321. The molecule has 0 saturated carbocycles. The molecule has 0 heterocycles. The zero-order valence-electron chi connectivity index (χ0n) is 8.62. The lowest BCUT2D eigenvalue weighted by Crippen LogP contribution is -2.37.